The van der Waals surface area contributed by atoms with Crippen LogP contribution < -0.4 is 0 Å². The molecule has 0 fully saturated rings. The number of hydrogen-bond acceptors (Lipinski definition) is 3. The average molecular weight is 525 g/mol. The molecule has 0 radical (unpaired) electrons. The van der Waals surface area contributed by atoms with E-state index in [1.807, 2.05) is 24.5 Å². The van der Waals surface area contributed by atoms with Crippen molar-refractivity contribution in [2.45, 2.75) is 0 Å². The topological polar surface area (TPSA) is 43.6 Å². The molecule has 3 aromatic heterocycles. The first-order valence-electron chi connectivity index (χ1n) is 13.7. The summed E-state index contributed by atoms with van der Waals surface area (Å²) in [5.74, 6) is 0.911. The molecule has 8 aromatic rings. The van der Waals surface area contributed by atoms with Gasteiger partial charge in [-0.3, -0.25) is 14.5 Å². The maximum absolute atomic E-state index is 5.36. The Balaban J connectivity index is 1.40. The fourth-order valence-electron chi connectivity index (χ4n) is 5.83. The number of rotatable bonds is 4. The lowest BCUT2D eigenvalue weighted by Gasteiger charge is -2.13. The molecule has 41 heavy (non-hydrogen) atoms. The summed E-state index contributed by atoms with van der Waals surface area (Å²) in [5.41, 5.74) is 8.67. The molecule has 3 heterocycles. The highest BCUT2D eigenvalue weighted by atomic mass is 15.1. The number of pyridine rings is 2. The Hall–Kier alpha value is -5.61. The van der Waals surface area contributed by atoms with Crippen molar-refractivity contribution in [3.05, 3.63) is 146 Å². The maximum atomic E-state index is 5.36. The summed E-state index contributed by atoms with van der Waals surface area (Å²) in [4.78, 5) is 14.0. The van der Waals surface area contributed by atoms with Gasteiger partial charge in [0.05, 0.1) is 11.0 Å². The van der Waals surface area contributed by atoms with Crippen LogP contribution in [0.1, 0.15) is 0 Å². The van der Waals surface area contributed by atoms with Gasteiger partial charge in [-0.2, -0.15) is 0 Å². The Bertz CT molecular complexity index is 2160. The maximum Gasteiger partial charge on any atom is 0.145 e. The molecule has 0 aliphatic heterocycles. The first kappa shape index (κ1) is 23.3. The Labute approximate surface area is 237 Å². The third-order valence-corrected chi connectivity index (χ3v) is 7.79. The van der Waals surface area contributed by atoms with Crippen molar-refractivity contribution >= 4 is 32.6 Å². The van der Waals surface area contributed by atoms with Crippen LogP contribution in [0.5, 0.6) is 0 Å². The number of aromatic nitrogens is 4. The lowest BCUT2D eigenvalue weighted by atomic mass is 10.00. The Morgan fingerprint density at radius 2 is 0.927 bits per heavy atom. The monoisotopic (exact) mass is 524 g/mol. The molecular formula is C37H24N4. The van der Waals surface area contributed by atoms with Crippen LogP contribution in [0.4, 0.5) is 0 Å². The summed E-state index contributed by atoms with van der Waals surface area (Å²) in [6, 6.07) is 42.6. The zero-order valence-corrected chi connectivity index (χ0v) is 22.1. The standard InChI is InChI=1S/C37H24N4/c1-3-11-33-31(9-1)32-10-2-4-12-34(32)36-35(33)40-37(27-15-13-25(14-16-27)28-7-5-21-38-23-28)41(36)30-19-17-26(18-20-30)29-8-6-22-39-24-29/h1-24H. The molecule has 0 atom stereocenters. The van der Waals surface area contributed by atoms with E-state index in [0.717, 1.165) is 55.7 Å². The molecule has 8 rings (SSSR count). The van der Waals surface area contributed by atoms with Crippen molar-refractivity contribution in [3.8, 4) is 39.3 Å². The van der Waals surface area contributed by atoms with Gasteiger partial charge in [-0.25, -0.2) is 4.98 Å². The highest BCUT2D eigenvalue weighted by molar-refractivity contribution is 6.24. The summed E-state index contributed by atoms with van der Waals surface area (Å²) in [6.07, 6.45) is 7.40. The molecule has 0 aliphatic rings. The minimum absolute atomic E-state index is 0.911. The van der Waals surface area contributed by atoms with E-state index >= 15 is 0 Å². The van der Waals surface area contributed by atoms with Gasteiger partial charge < -0.3 is 0 Å². The van der Waals surface area contributed by atoms with Crippen LogP contribution in [0, 0.1) is 0 Å². The van der Waals surface area contributed by atoms with Gasteiger partial charge >= 0.3 is 0 Å². The van der Waals surface area contributed by atoms with E-state index in [1.165, 1.54) is 16.2 Å². The lowest BCUT2D eigenvalue weighted by Crippen LogP contribution is -1.98. The second-order valence-corrected chi connectivity index (χ2v) is 10.2. The van der Waals surface area contributed by atoms with Crippen LogP contribution >= 0.6 is 0 Å². The molecule has 0 bridgehead atoms. The van der Waals surface area contributed by atoms with Crippen molar-refractivity contribution in [1.29, 1.82) is 0 Å². The van der Waals surface area contributed by atoms with E-state index in [4.69, 9.17) is 4.98 Å². The zero-order chi connectivity index (χ0) is 27.2. The van der Waals surface area contributed by atoms with Gasteiger partial charge in [-0.1, -0.05) is 97.1 Å². The second kappa shape index (κ2) is 9.54. The van der Waals surface area contributed by atoms with Crippen LogP contribution in [0.25, 0.3) is 71.9 Å². The molecule has 4 nitrogen and oxygen atoms in total. The quantitative estimate of drug-likeness (QED) is 0.216. The molecule has 0 spiro atoms. The van der Waals surface area contributed by atoms with E-state index in [9.17, 15) is 0 Å². The van der Waals surface area contributed by atoms with Gasteiger partial charge in [0.1, 0.15) is 5.82 Å². The van der Waals surface area contributed by atoms with E-state index < -0.39 is 0 Å². The van der Waals surface area contributed by atoms with Crippen molar-refractivity contribution in [2.24, 2.45) is 0 Å². The predicted molar refractivity (Wildman–Crippen MR) is 168 cm³/mol. The van der Waals surface area contributed by atoms with Crippen molar-refractivity contribution in [2.75, 3.05) is 0 Å². The molecule has 4 heteroatoms. The highest BCUT2D eigenvalue weighted by Gasteiger charge is 2.20. The third-order valence-electron chi connectivity index (χ3n) is 7.79. The van der Waals surface area contributed by atoms with Crippen LogP contribution in [0.3, 0.4) is 0 Å². The van der Waals surface area contributed by atoms with E-state index in [1.54, 1.807) is 12.4 Å². The smallest absolute Gasteiger partial charge is 0.145 e. The molecule has 5 aromatic carbocycles. The summed E-state index contributed by atoms with van der Waals surface area (Å²) < 4.78 is 2.32. The van der Waals surface area contributed by atoms with Gasteiger partial charge in [-0.05, 0) is 57.3 Å². The first-order chi connectivity index (χ1) is 20.3. The van der Waals surface area contributed by atoms with Gasteiger partial charge in [0.25, 0.3) is 0 Å². The highest BCUT2D eigenvalue weighted by Crippen LogP contribution is 2.39. The fraction of sp³-hybridized carbons (Fsp3) is 0. The number of fused-ring (bicyclic) bond motifs is 6. The molecule has 0 saturated heterocycles. The number of benzene rings is 5. The first-order valence-corrected chi connectivity index (χ1v) is 13.7. The molecular weight excluding hydrogens is 500 g/mol. The molecule has 0 amide bonds. The minimum Gasteiger partial charge on any atom is -0.292 e. The Kier molecular flexibility index (Phi) is 5.42. The summed E-state index contributed by atoms with van der Waals surface area (Å²) in [7, 11) is 0. The normalized spacial score (nSPS) is 11.4. The average Bonchev–Trinajstić information content (AvgIpc) is 3.47. The molecule has 0 aliphatic carbocycles. The van der Waals surface area contributed by atoms with Gasteiger partial charge in [0.15, 0.2) is 0 Å². The Morgan fingerprint density at radius 3 is 1.51 bits per heavy atom. The van der Waals surface area contributed by atoms with E-state index in [-0.39, 0.29) is 0 Å². The van der Waals surface area contributed by atoms with Crippen molar-refractivity contribution in [1.82, 2.24) is 19.5 Å². The van der Waals surface area contributed by atoms with Gasteiger partial charge in [0, 0.05) is 46.8 Å². The van der Waals surface area contributed by atoms with Gasteiger partial charge in [-0.15, -0.1) is 0 Å². The summed E-state index contributed by atoms with van der Waals surface area (Å²) in [6.45, 7) is 0. The predicted octanol–water partition coefficient (Wildman–Crippen LogP) is 9.12. The number of nitrogens with zero attached hydrogens (tertiary/aromatic N) is 4. The SMILES string of the molecule is c1cncc(-c2ccc(-c3nc4c5ccccc5c5ccccc5c4n3-c3ccc(-c4cccnc4)cc3)cc2)c1. The van der Waals surface area contributed by atoms with Crippen molar-refractivity contribution < 1.29 is 0 Å². The molecule has 0 N–H and O–H groups in total. The lowest BCUT2D eigenvalue weighted by molar-refractivity contribution is 1.11. The fourth-order valence-corrected chi connectivity index (χ4v) is 5.83. The third kappa shape index (κ3) is 3.88. The summed E-state index contributed by atoms with van der Waals surface area (Å²) >= 11 is 0. The molecule has 192 valence electrons. The van der Waals surface area contributed by atoms with Crippen LogP contribution in [0.2, 0.25) is 0 Å². The van der Waals surface area contributed by atoms with E-state index in [0.29, 0.717) is 0 Å². The largest absolute Gasteiger partial charge is 0.292 e. The van der Waals surface area contributed by atoms with Crippen molar-refractivity contribution in [3.63, 3.8) is 0 Å². The second-order valence-electron chi connectivity index (χ2n) is 10.2. The number of hydrogen-bond donors (Lipinski definition) is 0. The zero-order valence-electron chi connectivity index (χ0n) is 22.1. The molecule has 0 unspecified atom stereocenters. The van der Waals surface area contributed by atoms with Crippen LogP contribution in [-0.2, 0) is 0 Å². The Morgan fingerprint density at radius 1 is 0.415 bits per heavy atom. The van der Waals surface area contributed by atoms with Gasteiger partial charge in [0.2, 0.25) is 0 Å². The van der Waals surface area contributed by atoms with Crippen LogP contribution in [0.15, 0.2) is 146 Å². The minimum atomic E-state index is 0.911. The van der Waals surface area contributed by atoms with E-state index in [2.05, 4.69) is 124 Å². The number of imidazole rings is 1. The molecule has 0 saturated carbocycles. The van der Waals surface area contributed by atoms with Crippen LogP contribution in [-0.4, -0.2) is 19.5 Å². The summed E-state index contributed by atoms with van der Waals surface area (Å²) in [5, 5.41) is 4.77.